The van der Waals surface area contributed by atoms with Crippen molar-refractivity contribution in [2.75, 3.05) is 0 Å². The number of rotatable bonds is 0. The normalized spacial score (nSPS) is 49.2. The van der Waals surface area contributed by atoms with E-state index in [-0.39, 0.29) is 6.10 Å². The predicted molar refractivity (Wildman–Crippen MR) is 36.4 cm³/mol. The minimum absolute atomic E-state index is 0.247. The van der Waals surface area contributed by atoms with Gasteiger partial charge in [0, 0.05) is 6.42 Å². The Morgan fingerprint density at radius 3 is 2.60 bits per heavy atom. The summed E-state index contributed by atoms with van der Waals surface area (Å²) in [5.74, 6) is -1.03. The van der Waals surface area contributed by atoms with Crippen LogP contribution in [0.15, 0.2) is 0 Å². The Kier molecular flexibility index (Phi) is 1.99. The van der Waals surface area contributed by atoms with Gasteiger partial charge in [0.15, 0.2) is 5.79 Å². The van der Waals surface area contributed by atoms with E-state index >= 15 is 0 Å². The maximum atomic E-state index is 9.33. The smallest absolute Gasteiger partial charge is 0.163 e. The van der Waals surface area contributed by atoms with E-state index in [0.717, 1.165) is 0 Å². The maximum absolute atomic E-state index is 9.33. The van der Waals surface area contributed by atoms with Crippen LogP contribution in [0.3, 0.4) is 0 Å². The Morgan fingerprint density at radius 1 is 1.60 bits per heavy atom. The van der Waals surface area contributed by atoms with Crippen LogP contribution >= 0.6 is 0 Å². The molecule has 1 rings (SSSR count). The van der Waals surface area contributed by atoms with Gasteiger partial charge in [0.25, 0.3) is 0 Å². The first-order valence-electron chi connectivity index (χ1n) is 3.59. The van der Waals surface area contributed by atoms with Crippen LogP contribution < -0.4 is 0 Å². The molecule has 3 atom stereocenters. The van der Waals surface area contributed by atoms with E-state index in [4.69, 9.17) is 4.74 Å². The zero-order valence-electron chi connectivity index (χ0n) is 6.37. The molecule has 10 heavy (non-hydrogen) atoms. The maximum Gasteiger partial charge on any atom is 0.163 e. The predicted octanol–water partition coefficient (Wildman–Crippen LogP) is 0.255. The molecule has 3 nitrogen and oxygen atoms in total. The Morgan fingerprint density at radius 2 is 2.20 bits per heavy atom. The Hall–Kier alpha value is -0.120. The second-order valence-electron chi connectivity index (χ2n) is 3.10. The first-order valence-corrected chi connectivity index (χ1v) is 3.59. The third kappa shape index (κ3) is 1.68. The fourth-order valence-electron chi connectivity index (χ4n) is 1.19. The number of ether oxygens (including phenoxy) is 1. The first-order chi connectivity index (χ1) is 4.51. The molecule has 60 valence electrons. The van der Waals surface area contributed by atoms with Crippen LogP contribution in [0.5, 0.6) is 0 Å². The van der Waals surface area contributed by atoms with Crippen molar-refractivity contribution in [3.8, 4) is 0 Å². The number of aliphatic hydroxyl groups excluding tert-OH is 1. The van der Waals surface area contributed by atoms with Crippen LogP contribution in [0.25, 0.3) is 0 Å². The summed E-state index contributed by atoms with van der Waals surface area (Å²) in [7, 11) is 0. The largest absolute Gasteiger partial charge is 0.390 e. The van der Waals surface area contributed by atoms with E-state index < -0.39 is 11.9 Å². The molecule has 0 spiro atoms. The van der Waals surface area contributed by atoms with Gasteiger partial charge in [-0.2, -0.15) is 0 Å². The SMILES string of the molecule is C[C@@H]1OC(C)(O)CCC1O. The van der Waals surface area contributed by atoms with Crippen LogP contribution in [0, 0.1) is 0 Å². The van der Waals surface area contributed by atoms with Crippen LogP contribution in [-0.2, 0) is 4.74 Å². The van der Waals surface area contributed by atoms with Gasteiger partial charge < -0.3 is 14.9 Å². The Labute approximate surface area is 60.6 Å². The van der Waals surface area contributed by atoms with E-state index in [1.54, 1.807) is 13.8 Å². The summed E-state index contributed by atoms with van der Waals surface area (Å²) in [6, 6.07) is 0. The molecular formula is C7H14O3. The monoisotopic (exact) mass is 146 g/mol. The van der Waals surface area contributed by atoms with Crippen LogP contribution in [-0.4, -0.2) is 28.2 Å². The molecule has 0 aliphatic carbocycles. The van der Waals surface area contributed by atoms with Crippen LogP contribution in [0.4, 0.5) is 0 Å². The van der Waals surface area contributed by atoms with Gasteiger partial charge >= 0.3 is 0 Å². The van der Waals surface area contributed by atoms with E-state index in [2.05, 4.69) is 0 Å². The fourth-order valence-corrected chi connectivity index (χ4v) is 1.19. The highest BCUT2D eigenvalue weighted by atomic mass is 16.6. The topological polar surface area (TPSA) is 49.7 Å². The third-order valence-electron chi connectivity index (χ3n) is 1.89. The highest BCUT2D eigenvalue weighted by Crippen LogP contribution is 2.25. The van der Waals surface area contributed by atoms with Gasteiger partial charge in [0.2, 0.25) is 0 Å². The molecule has 0 aromatic carbocycles. The molecule has 3 heteroatoms. The second-order valence-corrected chi connectivity index (χ2v) is 3.10. The summed E-state index contributed by atoms with van der Waals surface area (Å²) >= 11 is 0. The zero-order valence-corrected chi connectivity index (χ0v) is 6.37. The molecule has 2 unspecified atom stereocenters. The van der Waals surface area contributed by atoms with E-state index in [9.17, 15) is 10.2 Å². The summed E-state index contributed by atoms with van der Waals surface area (Å²) in [5, 5.41) is 18.5. The summed E-state index contributed by atoms with van der Waals surface area (Å²) in [6.45, 7) is 3.38. The third-order valence-corrected chi connectivity index (χ3v) is 1.89. The van der Waals surface area contributed by atoms with Crippen molar-refractivity contribution in [2.45, 2.75) is 44.7 Å². The second kappa shape index (κ2) is 2.49. The lowest BCUT2D eigenvalue weighted by molar-refractivity contribution is -0.261. The number of hydrogen-bond donors (Lipinski definition) is 2. The highest BCUT2D eigenvalue weighted by molar-refractivity contribution is 4.76. The molecule has 1 aliphatic rings. The van der Waals surface area contributed by atoms with Crippen molar-refractivity contribution in [1.82, 2.24) is 0 Å². The van der Waals surface area contributed by atoms with Gasteiger partial charge in [0.1, 0.15) is 0 Å². The van der Waals surface area contributed by atoms with Gasteiger partial charge in [0.05, 0.1) is 12.2 Å². The first kappa shape index (κ1) is 7.98. The lowest BCUT2D eigenvalue weighted by Crippen LogP contribution is -2.43. The minimum atomic E-state index is -1.03. The summed E-state index contributed by atoms with van der Waals surface area (Å²) < 4.78 is 5.09. The van der Waals surface area contributed by atoms with Crippen molar-refractivity contribution in [3.63, 3.8) is 0 Å². The van der Waals surface area contributed by atoms with Gasteiger partial charge in [-0.05, 0) is 20.3 Å². The fraction of sp³-hybridized carbons (Fsp3) is 1.00. The van der Waals surface area contributed by atoms with Gasteiger partial charge in [-0.25, -0.2) is 0 Å². The zero-order chi connectivity index (χ0) is 7.78. The van der Waals surface area contributed by atoms with Crippen LogP contribution in [0.1, 0.15) is 26.7 Å². The van der Waals surface area contributed by atoms with Crippen LogP contribution in [0.2, 0.25) is 0 Å². The minimum Gasteiger partial charge on any atom is -0.390 e. The number of aliphatic hydroxyl groups is 2. The van der Waals surface area contributed by atoms with Crippen molar-refractivity contribution in [1.29, 1.82) is 0 Å². The molecule has 1 aliphatic heterocycles. The molecule has 0 radical (unpaired) electrons. The van der Waals surface area contributed by atoms with Crippen molar-refractivity contribution in [2.24, 2.45) is 0 Å². The summed E-state index contributed by atoms with van der Waals surface area (Å²) in [4.78, 5) is 0. The van der Waals surface area contributed by atoms with Crippen molar-refractivity contribution in [3.05, 3.63) is 0 Å². The molecule has 0 amide bonds. The van der Waals surface area contributed by atoms with Gasteiger partial charge in [-0.3, -0.25) is 0 Å². The highest BCUT2D eigenvalue weighted by Gasteiger charge is 2.33. The molecule has 0 aromatic heterocycles. The average molecular weight is 146 g/mol. The molecular weight excluding hydrogens is 132 g/mol. The summed E-state index contributed by atoms with van der Waals surface area (Å²) in [5.41, 5.74) is 0. The van der Waals surface area contributed by atoms with Gasteiger partial charge in [-0.15, -0.1) is 0 Å². The number of hydrogen-bond acceptors (Lipinski definition) is 3. The molecule has 1 heterocycles. The molecule has 0 aromatic rings. The Balaban J connectivity index is 2.49. The molecule has 0 bridgehead atoms. The van der Waals surface area contributed by atoms with E-state index in [1.807, 2.05) is 0 Å². The van der Waals surface area contributed by atoms with Gasteiger partial charge in [-0.1, -0.05) is 0 Å². The Bertz CT molecular complexity index is 122. The quantitative estimate of drug-likeness (QED) is 0.515. The standard InChI is InChI=1S/C7H14O3/c1-5-6(8)3-4-7(2,9)10-5/h5-6,8-9H,3-4H2,1-2H3/t5-,6?,7?/m0/s1. The molecule has 0 saturated carbocycles. The lowest BCUT2D eigenvalue weighted by atomic mass is 10.0. The summed E-state index contributed by atoms with van der Waals surface area (Å²) in [6.07, 6.45) is 0.469. The van der Waals surface area contributed by atoms with E-state index in [1.165, 1.54) is 0 Å². The van der Waals surface area contributed by atoms with Crippen molar-refractivity contribution < 1.29 is 14.9 Å². The molecule has 1 fully saturated rings. The lowest BCUT2D eigenvalue weighted by Gasteiger charge is -2.35. The molecule has 2 N–H and O–H groups in total. The van der Waals surface area contributed by atoms with Crippen molar-refractivity contribution >= 4 is 0 Å². The van der Waals surface area contributed by atoms with E-state index in [0.29, 0.717) is 12.8 Å². The molecule has 1 saturated heterocycles. The average Bonchev–Trinajstić information content (AvgIpc) is 1.79.